The number of nitrogens with zero attached hydrogens (tertiary/aromatic N) is 4. The number of para-hydroxylation sites is 1. The number of carboxylic acid groups (broad SMARTS) is 1. The number of benzene rings is 1. The monoisotopic (exact) mass is 336 g/mol. The molecule has 1 aliphatic rings. The molecule has 4 rings (SSSR count). The summed E-state index contributed by atoms with van der Waals surface area (Å²) >= 11 is 0. The lowest BCUT2D eigenvalue weighted by atomic mass is 10.1. The third kappa shape index (κ3) is 2.73. The number of hydrogen-bond donors (Lipinski definition) is 1. The first-order chi connectivity index (χ1) is 12.2. The van der Waals surface area contributed by atoms with Gasteiger partial charge in [-0.1, -0.05) is 12.1 Å². The fraction of sp³-hybridized carbons (Fsp3) is 0.222. The molecule has 7 nitrogen and oxygen atoms in total. The molecule has 25 heavy (non-hydrogen) atoms. The molecule has 2 aromatic heterocycles. The molecule has 2 heterocycles. The molecule has 0 amide bonds. The SMILES string of the molecule is COc1ccccc1-c1ccnc(-n2ncc(C(=O)O)c2C2CC2)n1. The summed E-state index contributed by atoms with van der Waals surface area (Å²) in [5.41, 5.74) is 2.42. The van der Waals surface area contributed by atoms with E-state index >= 15 is 0 Å². The zero-order valence-corrected chi connectivity index (χ0v) is 13.6. The minimum atomic E-state index is -0.978. The van der Waals surface area contributed by atoms with E-state index < -0.39 is 5.97 Å². The van der Waals surface area contributed by atoms with Crippen LogP contribution < -0.4 is 4.74 Å². The van der Waals surface area contributed by atoms with Gasteiger partial charge in [-0.3, -0.25) is 0 Å². The fourth-order valence-corrected chi connectivity index (χ4v) is 2.89. The molecule has 0 aliphatic heterocycles. The summed E-state index contributed by atoms with van der Waals surface area (Å²) in [6, 6.07) is 9.37. The first-order valence-electron chi connectivity index (χ1n) is 7.97. The number of aromatic carboxylic acids is 1. The standard InChI is InChI=1S/C18H16N4O3/c1-25-15-5-3-2-4-12(15)14-8-9-19-18(21-14)22-16(11-6-7-11)13(10-20-22)17(23)24/h2-5,8-11H,6-7H2,1H3,(H,23,24). The maximum absolute atomic E-state index is 11.5. The third-order valence-electron chi connectivity index (χ3n) is 4.22. The van der Waals surface area contributed by atoms with E-state index in [9.17, 15) is 9.90 Å². The molecule has 1 aromatic carbocycles. The highest BCUT2D eigenvalue weighted by Gasteiger charge is 2.33. The second-order valence-electron chi connectivity index (χ2n) is 5.88. The maximum atomic E-state index is 11.5. The summed E-state index contributed by atoms with van der Waals surface area (Å²) in [6.07, 6.45) is 4.92. The van der Waals surface area contributed by atoms with Gasteiger partial charge in [0.25, 0.3) is 5.95 Å². The largest absolute Gasteiger partial charge is 0.496 e. The molecule has 1 saturated carbocycles. The molecule has 7 heteroatoms. The van der Waals surface area contributed by atoms with E-state index in [4.69, 9.17) is 4.74 Å². The predicted octanol–water partition coefficient (Wildman–Crippen LogP) is 2.91. The Morgan fingerprint density at radius 3 is 2.80 bits per heavy atom. The summed E-state index contributed by atoms with van der Waals surface area (Å²) in [7, 11) is 1.61. The van der Waals surface area contributed by atoms with Crippen molar-refractivity contribution in [1.82, 2.24) is 19.7 Å². The zero-order chi connectivity index (χ0) is 17.4. The molecule has 0 radical (unpaired) electrons. The minimum absolute atomic E-state index is 0.201. The molecule has 126 valence electrons. The molecule has 1 aliphatic carbocycles. The lowest BCUT2D eigenvalue weighted by Gasteiger charge is -2.10. The van der Waals surface area contributed by atoms with Crippen molar-refractivity contribution < 1.29 is 14.6 Å². The van der Waals surface area contributed by atoms with Crippen molar-refractivity contribution in [2.75, 3.05) is 7.11 Å². The van der Waals surface area contributed by atoms with Crippen LogP contribution in [0.2, 0.25) is 0 Å². The van der Waals surface area contributed by atoms with Crippen molar-refractivity contribution >= 4 is 5.97 Å². The fourth-order valence-electron chi connectivity index (χ4n) is 2.89. The van der Waals surface area contributed by atoms with Crippen LogP contribution in [0.5, 0.6) is 5.75 Å². The predicted molar refractivity (Wildman–Crippen MR) is 90.1 cm³/mol. The highest BCUT2D eigenvalue weighted by molar-refractivity contribution is 5.89. The normalized spacial score (nSPS) is 13.6. The van der Waals surface area contributed by atoms with Gasteiger partial charge in [-0.05, 0) is 31.0 Å². The second-order valence-corrected chi connectivity index (χ2v) is 5.88. The topological polar surface area (TPSA) is 90.1 Å². The van der Waals surface area contributed by atoms with Gasteiger partial charge in [0.15, 0.2) is 0 Å². The number of ether oxygens (including phenoxy) is 1. The Morgan fingerprint density at radius 2 is 2.08 bits per heavy atom. The lowest BCUT2D eigenvalue weighted by molar-refractivity contribution is 0.0695. The summed E-state index contributed by atoms with van der Waals surface area (Å²) in [5, 5.41) is 13.6. The Hall–Kier alpha value is -3.22. The van der Waals surface area contributed by atoms with E-state index in [2.05, 4.69) is 15.1 Å². The molecule has 3 aromatic rings. The smallest absolute Gasteiger partial charge is 0.339 e. The molecule has 0 spiro atoms. The average molecular weight is 336 g/mol. The number of hydrogen-bond acceptors (Lipinski definition) is 5. The van der Waals surface area contributed by atoms with Gasteiger partial charge in [0.1, 0.15) is 11.3 Å². The van der Waals surface area contributed by atoms with Crippen LogP contribution in [0.1, 0.15) is 34.8 Å². The molecule has 0 bridgehead atoms. The summed E-state index contributed by atoms with van der Waals surface area (Å²) < 4.78 is 6.93. The molecule has 0 unspecified atom stereocenters. The Labute approximate surface area is 143 Å². The Bertz CT molecular complexity index is 947. The van der Waals surface area contributed by atoms with Gasteiger partial charge in [0, 0.05) is 17.7 Å². The lowest BCUT2D eigenvalue weighted by Crippen LogP contribution is -2.09. The van der Waals surface area contributed by atoms with Crippen molar-refractivity contribution in [2.24, 2.45) is 0 Å². The number of carbonyl (C=O) groups is 1. The van der Waals surface area contributed by atoms with E-state index in [0.717, 1.165) is 18.4 Å². The second kappa shape index (κ2) is 6.01. The van der Waals surface area contributed by atoms with Gasteiger partial charge in [0.2, 0.25) is 0 Å². The van der Waals surface area contributed by atoms with Crippen molar-refractivity contribution in [3.63, 3.8) is 0 Å². The van der Waals surface area contributed by atoms with E-state index in [1.165, 1.54) is 6.20 Å². The highest BCUT2D eigenvalue weighted by atomic mass is 16.5. The average Bonchev–Trinajstić information content (AvgIpc) is 3.39. The van der Waals surface area contributed by atoms with Gasteiger partial charge in [-0.2, -0.15) is 5.10 Å². The number of methoxy groups -OCH3 is 1. The van der Waals surface area contributed by atoms with E-state index in [1.54, 1.807) is 24.1 Å². The van der Waals surface area contributed by atoms with Crippen molar-refractivity contribution in [1.29, 1.82) is 0 Å². The van der Waals surface area contributed by atoms with Crippen molar-refractivity contribution in [3.8, 4) is 23.0 Å². The van der Waals surface area contributed by atoms with Crippen LogP contribution in [0.4, 0.5) is 0 Å². The van der Waals surface area contributed by atoms with Crippen molar-refractivity contribution in [3.05, 3.63) is 54.0 Å². The van der Waals surface area contributed by atoms with Gasteiger partial charge >= 0.3 is 5.97 Å². The number of aromatic nitrogens is 4. The third-order valence-corrected chi connectivity index (χ3v) is 4.22. The van der Waals surface area contributed by atoms with Crippen LogP contribution in [0, 0.1) is 0 Å². The van der Waals surface area contributed by atoms with Crippen LogP contribution in [0.15, 0.2) is 42.7 Å². The van der Waals surface area contributed by atoms with E-state index in [-0.39, 0.29) is 11.5 Å². The first-order valence-corrected chi connectivity index (χ1v) is 7.97. The van der Waals surface area contributed by atoms with E-state index in [1.807, 2.05) is 24.3 Å². The maximum Gasteiger partial charge on any atom is 0.339 e. The summed E-state index contributed by atoms with van der Waals surface area (Å²) in [4.78, 5) is 20.3. The molecule has 0 saturated heterocycles. The van der Waals surface area contributed by atoms with Crippen LogP contribution in [0.25, 0.3) is 17.2 Å². The van der Waals surface area contributed by atoms with Gasteiger partial charge < -0.3 is 9.84 Å². The quantitative estimate of drug-likeness (QED) is 0.770. The van der Waals surface area contributed by atoms with Gasteiger partial charge in [0.05, 0.1) is 24.7 Å². The van der Waals surface area contributed by atoms with Gasteiger partial charge in [-0.25, -0.2) is 19.4 Å². The van der Waals surface area contributed by atoms with Crippen LogP contribution >= 0.6 is 0 Å². The summed E-state index contributed by atoms with van der Waals surface area (Å²) in [5.74, 6) is 0.292. The molecule has 1 N–H and O–H groups in total. The van der Waals surface area contributed by atoms with Crippen LogP contribution in [-0.4, -0.2) is 37.9 Å². The molecular formula is C18H16N4O3. The molecule has 0 atom stereocenters. The van der Waals surface area contributed by atoms with Crippen molar-refractivity contribution in [2.45, 2.75) is 18.8 Å². The molecule has 1 fully saturated rings. The molecular weight excluding hydrogens is 320 g/mol. The van der Waals surface area contributed by atoms with Gasteiger partial charge in [-0.15, -0.1) is 0 Å². The zero-order valence-electron chi connectivity index (χ0n) is 13.6. The van der Waals surface area contributed by atoms with E-state index in [0.29, 0.717) is 23.1 Å². The number of rotatable bonds is 5. The summed E-state index contributed by atoms with van der Waals surface area (Å²) in [6.45, 7) is 0. The van der Waals surface area contributed by atoms with Crippen LogP contribution in [0.3, 0.4) is 0 Å². The van der Waals surface area contributed by atoms with Crippen LogP contribution in [-0.2, 0) is 0 Å². The highest BCUT2D eigenvalue weighted by Crippen LogP contribution is 2.42. The Morgan fingerprint density at radius 1 is 1.28 bits per heavy atom. The Balaban J connectivity index is 1.82. The minimum Gasteiger partial charge on any atom is -0.496 e. The Kier molecular flexibility index (Phi) is 3.68. The first kappa shape index (κ1) is 15.3. The number of carboxylic acids is 1.